The molecule has 2 N–H and O–H groups in total. The molecule has 0 bridgehead atoms. The van der Waals surface area contributed by atoms with Gasteiger partial charge in [0, 0.05) is 22.7 Å². The number of aliphatic carboxylic acids is 1. The van der Waals surface area contributed by atoms with Gasteiger partial charge in [-0.2, -0.15) is 0 Å². The topological polar surface area (TPSA) is 92.7 Å². The maximum atomic E-state index is 15.8. The number of alkyl halides is 1. The highest BCUT2D eigenvalue weighted by molar-refractivity contribution is 7.67. The second-order valence-corrected chi connectivity index (χ2v) is 17.1. The van der Waals surface area contributed by atoms with Crippen LogP contribution in [0.25, 0.3) is 11.1 Å². The summed E-state index contributed by atoms with van der Waals surface area (Å²) >= 11 is 0. The number of ether oxygens (including phenoxy) is 1. The maximum absolute atomic E-state index is 15.8. The lowest BCUT2D eigenvalue weighted by Crippen LogP contribution is -2.42. The van der Waals surface area contributed by atoms with Crippen LogP contribution in [0.15, 0.2) is 72.8 Å². The van der Waals surface area contributed by atoms with Crippen LogP contribution in [0.4, 0.5) is 9.18 Å². The molecule has 1 aliphatic carbocycles. The summed E-state index contributed by atoms with van der Waals surface area (Å²) in [5, 5.41) is 10.8. The second-order valence-electron chi connectivity index (χ2n) is 12.6. The van der Waals surface area contributed by atoms with Gasteiger partial charge in [0.15, 0.2) is 5.91 Å². The van der Waals surface area contributed by atoms with Gasteiger partial charge < -0.3 is 19.7 Å². The van der Waals surface area contributed by atoms with E-state index in [4.69, 9.17) is 4.74 Å². The van der Waals surface area contributed by atoms with Crippen molar-refractivity contribution in [3.63, 3.8) is 0 Å². The zero-order valence-corrected chi connectivity index (χ0v) is 25.4. The van der Waals surface area contributed by atoms with E-state index in [1.807, 2.05) is 48.5 Å². The molecule has 1 aliphatic rings. The number of carbonyl (C=O) groups is 2. The second kappa shape index (κ2) is 11.4. The van der Waals surface area contributed by atoms with Crippen LogP contribution in [0, 0.1) is 0 Å². The third kappa shape index (κ3) is 5.97. The van der Waals surface area contributed by atoms with Crippen molar-refractivity contribution in [1.29, 1.82) is 0 Å². The molecule has 1 unspecified atom stereocenters. The number of nitrogens with one attached hydrogen (secondary N) is 1. The molecule has 4 rings (SSSR count). The summed E-state index contributed by atoms with van der Waals surface area (Å²) in [6.45, 7) is 10.9. The molecule has 0 radical (unpaired) electrons. The third-order valence-electron chi connectivity index (χ3n) is 7.94. The number of halogens is 1. The van der Waals surface area contributed by atoms with Crippen molar-refractivity contribution < 1.29 is 28.4 Å². The summed E-state index contributed by atoms with van der Waals surface area (Å²) < 4.78 is 35.4. The first-order chi connectivity index (χ1) is 19.1. The fourth-order valence-electron chi connectivity index (χ4n) is 5.93. The zero-order valence-electron chi connectivity index (χ0n) is 24.5. The molecule has 0 aliphatic heterocycles. The zero-order chi connectivity index (χ0) is 30.2. The van der Waals surface area contributed by atoms with Crippen molar-refractivity contribution in [3.05, 3.63) is 95.1 Å². The Hall–Kier alpha value is -3.44. The van der Waals surface area contributed by atoms with Crippen molar-refractivity contribution in [2.75, 3.05) is 6.61 Å². The smallest absolute Gasteiger partial charge is 0.407 e. The van der Waals surface area contributed by atoms with E-state index in [1.54, 1.807) is 65.8 Å². The Balaban J connectivity index is 1.42. The van der Waals surface area contributed by atoms with Crippen LogP contribution >= 0.6 is 7.14 Å². The number of carbonyl (C=O) groups excluding carboxylic acids is 1. The Kier molecular flexibility index (Phi) is 8.52. The summed E-state index contributed by atoms with van der Waals surface area (Å²) in [5.41, 5.74) is 5.20. The van der Waals surface area contributed by atoms with Gasteiger partial charge in [0.2, 0.25) is 0 Å². The molecule has 0 aromatic heterocycles. The van der Waals surface area contributed by atoms with Crippen LogP contribution in [0.5, 0.6) is 0 Å². The SMILES string of the molecule is CC(C)(C)P(=O)(C(F)c1ccc(C[C@H](NC(=O)OCC2c3ccccc3-c3ccccc32)C(=O)O)cc1)C(C)(C)C. The molecule has 0 heterocycles. The number of benzene rings is 3. The van der Waals surface area contributed by atoms with Crippen molar-refractivity contribution in [2.24, 2.45) is 0 Å². The fraction of sp³-hybridized carbons (Fsp3) is 0.394. The van der Waals surface area contributed by atoms with Crippen molar-refractivity contribution in [3.8, 4) is 11.1 Å². The number of alkyl carbamates (subject to hydrolysis) is 1. The van der Waals surface area contributed by atoms with Crippen molar-refractivity contribution in [2.45, 2.75) is 76.1 Å². The number of hydrogen-bond donors (Lipinski definition) is 2. The molecule has 8 heteroatoms. The summed E-state index contributed by atoms with van der Waals surface area (Å²) in [6, 6.07) is 21.0. The van der Waals surface area contributed by atoms with Crippen LogP contribution in [-0.2, 0) is 20.5 Å². The van der Waals surface area contributed by atoms with E-state index in [9.17, 15) is 19.3 Å². The Morgan fingerprint density at radius 2 is 1.37 bits per heavy atom. The highest BCUT2D eigenvalue weighted by atomic mass is 31.2. The summed E-state index contributed by atoms with van der Waals surface area (Å²) in [4.78, 5) is 24.7. The summed E-state index contributed by atoms with van der Waals surface area (Å²) in [5.74, 6) is -3.02. The number of rotatable bonds is 8. The predicted molar refractivity (Wildman–Crippen MR) is 161 cm³/mol. The van der Waals surface area contributed by atoms with Gasteiger partial charge in [-0.3, -0.25) is 0 Å². The van der Waals surface area contributed by atoms with Crippen LogP contribution in [0.3, 0.4) is 0 Å². The van der Waals surface area contributed by atoms with Gasteiger partial charge in [-0.25, -0.2) is 14.0 Å². The van der Waals surface area contributed by atoms with Crippen LogP contribution < -0.4 is 5.32 Å². The Morgan fingerprint density at radius 1 is 0.878 bits per heavy atom. The standard InChI is InChI=1S/C33H39FNO5P/c1-32(2,3)41(39,33(4,5)6)29(34)22-17-15-21(16-18-22)19-28(30(36)37)35-31(38)40-20-27-25-13-9-7-11-23(25)24-12-8-10-14-26(24)27/h7-18,27-29H,19-20H2,1-6H3,(H,35,38)(H,36,37)/t28-,29?/m0/s1. The van der Waals surface area contributed by atoms with Crippen molar-refractivity contribution in [1.82, 2.24) is 5.32 Å². The van der Waals surface area contributed by atoms with Crippen LogP contribution in [-0.4, -0.2) is 40.1 Å². The largest absolute Gasteiger partial charge is 0.480 e. The van der Waals surface area contributed by atoms with Gasteiger partial charge in [-0.1, -0.05) is 114 Å². The molecule has 6 nitrogen and oxygen atoms in total. The van der Waals surface area contributed by atoms with Gasteiger partial charge in [-0.05, 0) is 33.4 Å². The maximum Gasteiger partial charge on any atom is 0.407 e. The normalized spacial score (nSPS) is 15.0. The van der Waals surface area contributed by atoms with E-state index in [0.29, 0.717) is 11.1 Å². The minimum Gasteiger partial charge on any atom is -0.480 e. The van der Waals surface area contributed by atoms with Crippen LogP contribution in [0.1, 0.15) is 75.6 Å². The van der Waals surface area contributed by atoms with E-state index in [0.717, 1.165) is 22.3 Å². The van der Waals surface area contributed by atoms with Gasteiger partial charge in [0.05, 0.1) is 0 Å². The molecular formula is C33H39FNO5P. The van der Waals surface area contributed by atoms with E-state index in [2.05, 4.69) is 5.32 Å². The lowest BCUT2D eigenvalue weighted by Gasteiger charge is -2.43. The van der Waals surface area contributed by atoms with E-state index >= 15 is 4.39 Å². The highest BCUT2D eigenvalue weighted by Crippen LogP contribution is 2.75. The molecule has 0 fully saturated rings. The van der Waals surface area contributed by atoms with Gasteiger partial charge in [0.25, 0.3) is 0 Å². The van der Waals surface area contributed by atoms with Crippen LogP contribution in [0.2, 0.25) is 0 Å². The molecule has 3 aromatic carbocycles. The molecule has 1 amide bonds. The first-order valence-corrected chi connectivity index (χ1v) is 15.6. The average Bonchev–Trinajstić information content (AvgIpc) is 3.23. The Morgan fingerprint density at radius 3 is 1.83 bits per heavy atom. The molecule has 2 atom stereocenters. The number of amides is 1. The minimum absolute atomic E-state index is 0.0209. The predicted octanol–water partition coefficient (Wildman–Crippen LogP) is 8.15. The van der Waals surface area contributed by atoms with Crippen molar-refractivity contribution >= 4 is 19.2 Å². The lowest BCUT2D eigenvalue weighted by molar-refractivity contribution is -0.139. The minimum atomic E-state index is -3.37. The van der Waals surface area contributed by atoms with Gasteiger partial charge in [0.1, 0.15) is 19.8 Å². The molecule has 41 heavy (non-hydrogen) atoms. The Labute approximate surface area is 241 Å². The monoisotopic (exact) mass is 579 g/mol. The Bertz CT molecular complexity index is 1410. The number of carboxylic acid groups (broad SMARTS) is 1. The van der Waals surface area contributed by atoms with E-state index in [-0.39, 0.29) is 18.9 Å². The van der Waals surface area contributed by atoms with Gasteiger partial charge in [-0.15, -0.1) is 0 Å². The first-order valence-electron chi connectivity index (χ1n) is 13.8. The number of fused-ring (bicyclic) bond motifs is 3. The highest BCUT2D eigenvalue weighted by Gasteiger charge is 2.52. The average molecular weight is 580 g/mol. The van der Waals surface area contributed by atoms with E-state index < -0.39 is 41.5 Å². The molecule has 3 aromatic rings. The lowest BCUT2D eigenvalue weighted by atomic mass is 9.98. The molecule has 218 valence electrons. The summed E-state index contributed by atoms with van der Waals surface area (Å²) in [7, 11) is -3.37. The quantitative estimate of drug-likeness (QED) is 0.263. The van der Waals surface area contributed by atoms with Gasteiger partial charge >= 0.3 is 12.1 Å². The number of hydrogen-bond acceptors (Lipinski definition) is 4. The molecule has 0 saturated heterocycles. The fourth-order valence-corrected chi connectivity index (χ4v) is 9.89. The molecular weight excluding hydrogens is 540 g/mol. The molecule has 0 saturated carbocycles. The number of carboxylic acids is 1. The van der Waals surface area contributed by atoms with E-state index in [1.165, 1.54) is 0 Å². The first kappa shape index (κ1) is 30.5. The summed E-state index contributed by atoms with van der Waals surface area (Å²) in [6.07, 6.45) is -0.844. The third-order valence-corrected chi connectivity index (χ3v) is 12.9. The molecule has 0 spiro atoms.